The van der Waals surface area contributed by atoms with Crippen molar-refractivity contribution >= 4 is 11.6 Å². The summed E-state index contributed by atoms with van der Waals surface area (Å²) < 4.78 is 5.08. The number of ether oxygens (including phenoxy) is 1. The SMILES string of the molecule is COc1cc(C(C)(C)C(N)=O)ccc1N. The molecule has 0 aromatic heterocycles. The minimum absolute atomic E-state index is 0.380. The third-order valence-corrected chi connectivity index (χ3v) is 2.57. The van der Waals surface area contributed by atoms with Crippen LogP contribution in [-0.2, 0) is 10.2 Å². The highest BCUT2D eigenvalue weighted by atomic mass is 16.5. The lowest BCUT2D eigenvalue weighted by Crippen LogP contribution is -2.35. The number of rotatable bonds is 3. The first-order valence-electron chi connectivity index (χ1n) is 4.63. The molecule has 82 valence electrons. The molecule has 0 unspecified atom stereocenters. The molecule has 0 saturated heterocycles. The van der Waals surface area contributed by atoms with Crippen LogP contribution in [0.5, 0.6) is 5.75 Å². The summed E-state index contributed by atoms with van der Waals surface area (Å²) >= 11 is 0. The number of amides is 1. The van der Waals surface area contributed by atoms with Crippen LogP contribution in [0.25, 0.3) is 0 Å². The molecule has 4 nitrogen and oxygen atoms in total. The number of benzene rings is 1. The van der Waals surface area contributed by atoms with E-state index in [1.165, 1.54) is 7.11 Å². The normalized spacial score (nSPS) is 11.1. The van der Waals surface area contributed by atoms with Crippen LogP contribution in [0.2, 0.25) is 0 Å². The fourth-order valence-electron chi connectivity index (χ4n) is 1.24. The molecule has 0 aliphatic carbocycles. The molecule has 4 heteroatoms. The van der Waals surface area contributed by atoms with Gasteiger partial charge >= 0.3 is 0 Å². The van der Waals surface area contributed by atoms with E-state index in [9.17, 15) is 4.79 Å². The fraction of sp³-hybridized carbons (Fsp3) is 0.364. The number of nitrogen functional groups attached to an aromatic ring is 1. The lowest BCUT2D eigenvalue weighted by Gasteiger charge is -2.21. The number of methoxy groups -OCH3 is 1. The van der Waals surface area contributed by atoms with Gasteiger partial charge in [0.1, 0.15) is 5.75 Å². The highest BCUT2D eigenvalue weighted by Gasteiger charge is 2.27. The first kappa shape index (κ1) is 11.4. The number of primary amides is 1. The zero-order valence-electron chi connectivity index (χ0n) is 9.20. The van der Waals surface area contributed by atoms with Gasteiger partial charge in [-0.1, -0.05) is 6.07 Å². The van der Waals surface area contributed by atoms with Crippen molar-refractivity contribution in [2.45, 2.75) is 19.3 Å². The van der Waals surface area contributed by atoms with Gasteiger partial charge in [-0.05, 0) is 31.5 Å². The summed E-state index contributed by atoms with van der Waals surface area (Å²) in [5.74, 6) is 0.177. The molecule has 0 radical (unpaired) electrons. The minimum atomic E-state index is -0.721. The lowest BCUT2D eigenvalue weighted by molar-refractivity contribution is -0.122. The number of carbonyl (C=O) groups excluding carboxylic acids is 1. The van der Waals surface area contributed by atoms with Crippen LogP contribution < -0.4 is 16.2 Å². The first-order valence-corrected chi connectivity index (χ1v) is 4.63. The van der Waals surface area contributed by atoms with Gasteiger partial charge in [-0.25, -0.2) is 0 Å². The highest BCUT2D eigenvalue weighted by Crippen LogP contribution is 2.29. The van der Waals surface area contributed by atoms with E-state index in [-0.39, 0.29) is 5.91 Å². The summed E-state index contributed by atoms with van der Waals surface area (Å²) in [4.78, 5) is 11.3. The zero-order valence-corrected chi connectivity index (χ0v) is 9.20. The molecule has 0 heterocycles. The maximum Gasteiger partial charge on any atom is 0.227 e. The first-order chi connectivity index (χ1) is 6.89. The topological polar surface area (TPSA) is 78.3 Å². The van der Waals surface area contributed by atoms with E-state index in [4.69, 9.17) is 16.2 Å². The number of nitrogens with two attached hydrogens (primary N) is 2. The zero-order chi connectivity index (χ0) is 11.6. The molecule has 0 spiro atoms. The molecule has 4 N–H and O–H groups in total. The van der Waals surface area contributed by atoms with Crippen molar-refractivity contribution in [2.24, 2.45) is 5.73 Å². The van der Waals surface area contributed by atoms with Gasteiger partial charge in [0.2, 0.25) is 5.91 Å². The van der Waals surface area contributed by atoms with Gasteiger partial charge in [-0.15, -0.1) is 0 Å². The summed E-state index contributed by atoms with van der Waals surface area (Å²) in [7, 11) is 1.53. The van der Waals surface area contributed by atoms with E-state index >= 15 is 0 Å². The molecule has 0 bridgehead atoms. The van der Waals surface area contributed by atoms with Crippen LogP contribution in [0.3, 0.4) is 0 Å². The Morgan fingerprint density at radius 3 is 2.47 bits per heavy atom. The van der Waals surface area contributed by atoms with Gasteiger partial charge in [0.05, 0.1) is 18.2 Å². The molecule has 0 atom stereocenters. The van der Waals surface area contributed by atoms with E-state index in [1.807, 2.05) is 0 Å². The van der Waals surface area contributed by atoms with Crippen LogP contribution in [0.4, 0.5) is 5.69 Å². The molecule has 0 aliphatic heterocycles. The Morgan fingerprint density at radius 2 is 2.00 bits per heavy atom. The van der Waals surface area contributed by atoms with Crippen LogP contribution in [0, 0.1) is 0 Å². The van der Waals surface area contributed by atoms with Crippen molar-refractivity contribution in [3.8, 4) is 5.75 Å². The Labute approximate surface area is 89.2 Å². The second-order valence-electron chi connectivity index (χ2n) is 3.95. The molecule has 1 aromatic carbocycles. The van der Waals surface area contributed by atoms with Crippen LogP contribution in [0.15, 0.2) is 18.2 Å². The van der Waals surface area contributed by atoms with E-state index < -0.39 is 5.41 Å². The summed E-state index contributed by atoms with van der Waals surface area (Å²) in [5, 5.41) is 0. The number of anilines is 1. The third-order valence-electron chi connectivity index (χ3n) is 2.57. The monoisotopic (exact) mass is 208 g/mol. The van der Waals surface area contributed by atoms with Gasteiger partial charge in [-0.3, -0.25) is 4.79 Å². The van der Waals surface area contributed by atoms with Crippen LogP contribution in [0.1, 0.15) is 19.4 Å². The summed E-state index contributed by atoms with van der Waals surface area (Å²) in [6.07, 6.45) is 0. The summed E-state index contributed by atoms with van der Waals surface area (Å²) in [6, 6.07) is 5.22. The van der Waals surface area contributed by atoms with Crippen molar-refractivity contribution in [3.05, 3.63) is 23.8 Å². The predicted octanol–water partition coefficient (Wildman–Crippen LogP) is 1.04. The third kappa shape index (κ3) is 2.03. The Kier molecular flexibility index (Phi) is 2.88. The molecule has 0 saturated carbocycles. The van der Waals surface area contributed by atoms with Crippen molar-refractivity contribution in [3.63, 3.8) is 0 Å². The summed E-state index contributed by atoms with van der Waals surface area (Å²) in [6.45, 7) is 3.53. The minimum Gasteiger partial charge on any atom is -0.495 e. The molecule has 1 amide bonds. The Morgan fingerprint density at radius 1 is 1.40 bits per heavy atom. The van der Waals surface area contributed by atoms with Gasteiger partial charge in [0, 0.05) is 0 Å². The predicted molar refractivity (Wildman–Crippen MR) is 59.6 cm³/mol. The fourth-order valence-corrected chi connectivity index (χ4v) is 1.24. The smallest absolute Gasteiger partial charge is 0.227 e. The Bertz CT molecular complexity index is 386. The van der Waals surface area contributed by atoms with Crippen molar-refractivity contribution < 1.29 is 9.53 Å². The van der Waals surface area contributed by atoms with E-state index in [0.29, 0.717) is 11.4 Å². The van der Waals surface area contributed by atoms with E-state index in [1.54, 1.807) is 32.0 Å². The van der Waals surface area contributed by atoms with Crippen LogP contribution in [-0.4, -0.2) is 13.0 Å². The maximum atomic E-state index is 11.3. The average molecular weight is 208 g/mol. The van der Waals surface area contributed by atoms with Crippen molar-refractivity contribution in [2.75, 3.05) is 12.8 Å². The average Bonchev–Trinajstić information content (AvgIpc) is 2.18. The van der Waals surface area contributed by atoms with Gasteiger partial charge < -0.3 is 16.2 Å². The lowest BCUT2D eigenvalue weighted by atomic mass is 9.84. The molecular weight excluding hydrogens is 192 g/mol. The molecular formula is C11H16N2O2. The number of hydrogen-bond donors (Lipinski definition) is 2. The maximum absolute atomic E-state index is 11.3. The standard InChI is InChI=1S/C11H16N2O2/c1-11(2,10(13)14)7-4-5-8(12)9(6-7)15-3/h4-6H,12H2,1-3H3,(H2,13,14). The second-order valence-corrected chi connectivity index (χ2v) is 3.95. The van der Waals surface area contributed by atoms with Gasteiger partial charge in [0.15, 0.2) is 0 Å². The number of carbonyl (C=O) groups is 1. The van der Waals surface area contributed by atoms with E-state index in [2.05, 4.69) is 0 Å². The number of hydrogen-bond acceptors (Lipinski definition) is 3. The van der Waals surface area contributed by atoms with Gasteiger partial charge in [-0.2, -0.15) is 0 Å². The van der Waals surface area contributed by atoms with Gasteiger partial charge in [0.25, 0.3) is 0 Å². The second kappa shape index (κ2) is 3.81. The van der Waals surface area contributed by atoms with Crippen LogP contribution >= 0.6 is 0 Å². The molecule has 0 fully saturated rings. The highest BCUT2D eigenvalue weighted by molar-refractivity contribution is 5.86. The molecule has 15 heavy (non-hydrogen) atoms. The summed E-state index contributed by atoms with van der Waals surface area (Å²) in [5.41, 5.74) is 11.6. The Balaban J connectivity index is 3.22. The molecule has 1 aromatic rings. The molecule has 1 rings (SSSR count). The van der Waals surface area contributed by atoms with E-state index in [0.717, 1.165) is 5.56 Å². The van der Waals surface area contributed by atoms with Crippen molar-refractivity contribution in [1.29, 1.82) is 0 Å². The Hall–Kier alpha value is -1.71. The molecule has 0 aliphatic rings. The quantitative estimate of drug-likeness (QED) is 0.728. The van der Waals surface area contributed by atoms with Crippen molar-refractivity contribution in [1.82, 2.24) is 0 Å². The largest absolute Gasteiger partial charge is 0.495 e.